The number of rotatable bonds is 3. The van der Waals surface area contributed by atoms with Gasteiger partial charge in [-0.1, -0.05) is 35.9 Å². The molecule has 1 saturated heterocycles. The van der Waals surface area contributed by atoms with Gasteiger partial charge in [0, 0.05) is 31.2 Å². The van der Waals surface area contributed by atoms with Crippen LogP contribution in [0.2, 0.25) is 5.02 Å². The molecule has 0 spiro atoms. The monoisotopic (exact) mass is 354 g/mol. The van der Waals surface area contributed by atoms with E-state index in [2.05, 4.69) is 10.2 Å². The predicted molar refractivity (Wildman–Crippen MR) is 102 cm³/mol. The first-order chi connectivity index (χ1) is 12.2. The number of para-hydroxylation sites is 1. The van der Waals surface area contributed by atoms with Gasteiger partial charge in [-0.15, -0.1) is 0 Å². The van der Waals surface area contributed by atoms with E-state index in [1.807, 2.05) is 48.5 Å². The summed E-state index contributed by atoms with van der Waals surface area (Å²) < 4.78 is 1.76. The summed E-state index contributed by atoms with van der Waals surface area (Å²) in [6, 6.07) is 15.1. The van der Waals surface area contributed by atoms with Gasteiger partial charge in [0.25, 0.3) is 5.56 Å². The molecule has 1 N–H and O–H groups in total. The van der Waals surface area contributed by atoms with Crippen molar-refractivity contribution in [3.8, 4) is 0 Å². The molecule has 6 heteroatoms. The van der Waals surface area contributed by atoms with Crippen LogP contribution in [0, 0.1) is 0 Å². The maximum absolute atomic E-state index is 13.1. The molecule has 1 fully saturated rings. The fourth-order valence-electron chi connectivity index (χ4n) is 3.22. The number of nitrogens with one attached hydrogen (secondary N) is 1. The fourth-order valence-corrected chi connectivity index (χ4v) is 3.44. The van der Waals surface area contributed by atoms with E-state index in [1.54, 1.807) is 4.57 Å². The Morgan fingerprint density at radius 3 is 2.68 bits per heavy atom. The largest absolute Gasteiger partial charge is 0.340 e. The molecule has 4 rings (SSSR count). The second-order valence-electron chi connectivity index (χ2n) is 6.19. The van der Waals surface area contributed by atoms with Crippen LogP contribution in [-0.4, -0.2) is 35.7 Å². The van der Waals surface area contributed by atoms with Crippen LogP contribution >= 0.6 is 11.6 Å². The lowest BCUT2D eigenvalue weighted by Crippen LogP contribution is -2.46. The van der Waals surface area contributed by atoms with E-state index in [1.165, 1.54) is 0 Å². The number of hydrogen-bond acceptors (Lipinski definition) is 4. The summed E-state index contributed by atoms with van der Waals surface area (Å²) in [5, 5.41) is 4.65. The topological polar surface area (TPSA) is 50.2 Å². The first kappa shape index (κ1) is 16.1. The molecule has 3 aromatic rings. The van der Waals surface area contributed by atoms with Crippen molar-refractivity contribution in [1.82, 2.24) is 14.9 Å². The smallest absolute Gasteiger partial charge is 0.263 e. The standard InChI is InChI=1S/C19H19ClN4O/c20-15-5-3-4-14(12-15)13-24-18(25)16-6-1-2-7-17(16)22-19(24)23-10-8-21-9-11-23/h1-7,12,21H,8-11,13H2. The zero-order chi connectivity index (χ0) is 17.2. The van der Waals surface area contributed by atoms with Crippen LogP contribution in [0.1, 0.15) is 5.56 Å². The van der Waals surface area contributed by atoms with Crippen molar-refractivity contribution in [3.63, 3.8) is 0 Å². The van der Waals surface area contributed by atoms with Crippen molar-refractivity contribution >= 4 is 28.5 Å². The van der Waals surface area contributed by atoms with E-state index < -0.39 is 0 Å². The third kappa shape index (κ3) is 3.25. The van der Waals surface area contributed by atoms with Gasteiger partial charge in [0.2, 0.25) is 5.95 Å². The molecule has 0 bridgehead atoms. The van der Waals surface area contributed by atoms with Crippen molar-refractivity contribution < 1.29 is 0 Å². The number of aromatic nitrogens is 2. The highest BCUT2D eigenvalue weighted by Gasteiger charge is 2.19. The second-order valence-corrected chi connectivity index (χ2v) is 6.62. The molecule has 0 amide bonds. The SMILES string of the molecule is O=c1c2ccccc2nc(N2CCNCC2)n1Cc1cccc(Cl)c1. The third-order valence-corrected chi connectivity index (χ3v) is 4.71. The van der Waals surface area contributed by atoms with Crippen LogP contribution in [0.3, 0.4) is 0 Å². The highest BCUT2D eigenvalue weighted by molar-refractivity contribution is 6.30. The van der Waals surface area contributed by atoms with Crippen LogP contribution in [0.15, 0.2) is 53.3 Å². The Hall–Kier alpha value is -2.37. The molecular weight excluding hydrogens is 336 g/mol. The van der Waals surface area contributed by atoms with E-state index in [-0.39, 0.29) is 5.56 Å². The molecule has 2 heterocycles. The minimum atomic E-state index is -0.0147. The first-order valence-corrected chi connectivity index (χ1v) is 8.80. The highest BCUT2D eigenvalue weighted by atomic mass is 35.5. The Labute approximate surface area is 150 Å². The number of hydrogen-bond donors (Lipinski definition) is 1. The van der Waals surface area contributed by atoms with E-state index in [0.717, 1.165) is 43.2 Å². The molecule has 0 radical (unpaired) electrons. The number of halogens is 1. The predicted octanol–water partition coefficient (Wildman–Crippen LogP) is 2.51. The maximum atomic E-state index is 13.1. The van der Waals surface area contributed by atoms with Gasteiger partial charge in [-0.25, -0.2) is 4.98 Å². The number of piperazine rings is 1. The Bertz CT molecular complexity index is 963. The van der Waals surface area contributed by atoms with Gasteiger partial charge in [0.1, 0.15) is 0 Å². The van der Waals surface area contributed by atoms with E-state index in [0.29, 0.717) is 17.0 Å². The van der Waals surface area contributed by atoms with Crippen LogP contribution < -0.4 is 15.8 Å². The molecule has 0 aliphatic carbocycles. The van der Waals surface area contributed by atoms with Crippen molar-refractivity contribution in [2.75, 3.05) is 31.1 Å². The number of nitrogens with zero attached hydrogens (tertiary/aromatic N) is 3. The van der Waals surface area contributed by atoms with Gasteiger partial charge in [0.05, 0.1) is 17.4 Å². The van der Waals surface area contributed by atoms with Gasteiger partial charge >= 0.3 is 0 Å². The van der Waals surface area contributed by atoms with Crippen molar-refractivity contribution in [1.29, 1.82) is 0 Å². The summed E-state index contributed by atoms with van der Waals surface area (Å²) in [7, 11) is 0. The summed E-state index contributed by atoms with van der Waals surface area (Å²) >= 11 is 6.11. The first-order valence-electron chi connectivity index (χ1n) is 8.42. The number of anilines is 1. The molecule has 5 nitrogen and oxygen atoms in total. The zero-order valence-corrected chi connectivity index (χ0v) is 14.5. The molecule has 0 atom stereocenters. The summed E-state index contributed by atoms with van der Waals surface area (Å²) in [5.41, 5.74) is 1.71. The van der Waals surface area contributed by atoms with E-state index in [4.69, 9.17) is 16.6 Å². The van der Waals surface area contributed by atoms with Crippen LogP contribution in [0.5, 0.6) is 0 Å². The molecular formula is C19H19ClN4O. The molecule has 1 aliphatic rings. The summed E-state index contributed by atoms with van der Waals surface area (Å²) in [4.78, 5) is 20.1. The van der Waals surface area contributed by atoms with E-state index in [9.17, 15) is 4.79 Å². The van der Waals surface area contributed by atoms with Crippen LogP contribution in [-0.2, 0) is 6.54 Å². The van der Waals surface area contributed by atoms with Crippen molar-refractivity contribution in [2.24, 2.45) is 0 Å². The summed E-state index contributed by atoms with van der Waals surface area (Å²) in [6.07, 6.45) is 0. The van der Waals surface area contributed by atoms with Crippen molar-refractivity contribution in [2.45, 2.75) is 6.54 Å². The van der Waals surface area contributed by atoms with E-state index >= 15 is 0 Å². The summed E-state index contributed by atoms with van der Waals surface area (Å²) in [5.74, 6) is 0.727. The normalized spacial score (nSPS) is 14.8. The van der Waals surface area contributed by atoms with Gasteiger partial charge in [-0.05, 0) is 29.8 Å². The van der Waals surface area contributed by atoms with Gasteiger partial charge < -0.3 is 10.2 Å². The lowest BCUT2D eigenvalue weighted by atomic mass is 10.2. The maximum Gasteiger partial charge on any atom is 0.263 e. The molecule has 25 heavy (non-hydrogen) atoms. The highest BCUT2D eigenvalue weighted by Crippen LogP contribution is 2.18. The van der Waals surface area contributed by atoms with Gasteiger partial charge in [0.15, 0.2) is 0 Å². The second kappa shape index (κ2) is 6.86. The molecule has 0 unspecified atom stereocenters. The number of fused-ring (bicyclic) bond motifs is 1. The Morgan fingerprint density at radius 2 is 1.88 bits per heavy atom. The Balaban J connectivity index is 1.87. The van der Waals surface area contributed by atoms with Gasteiger partial charge in [-0.3, -0.25) is 9.36 Å². The molecule has 128 valence electrons. The van der Waals surface area contributed by atoms with Gasteiger partial charge in [-0.2, -0.15) is 0 Å². The molecule has 1 aromatic heterocycles. The fraction of sp³-hybridized carbons (Fsp3) is 0.263. The Kier molecular flexibility index (Phi) is 4.42. The Morgan fingerprint density at radius 1 is 1.08 bits per heavy atom. The molecule has 2 aromatic carbocycles. The number of benzene rings is 2. The average Bonchev–Trinajstić information content (AvgIpc) is 2.65. The van der Waals surface area contributed by atoms with Crippen LogP contribution in [0.4, 0.5) is 5.95 Å². The zero-order valence-electron chi connectivity index (χ0n) is 13.8. The lowest BCUT2D eigenvalue weighted by Gasteiger charge is -2.30. The third-order valence-electron chi connectivity index (χ3n) is 4.47. The minimum Gasteiger partial charge on any atom is -0.340 e. The minimum absolute atomic E-state index is 0.0147. The molecule has 1 aliphatic heterocycles. The van der Waals surface area contributed by atoms with Crippen molar-refractivity contribution in [3.05, 3.63) is 69.5 Å². The lowest BCUT2D eigenvalue weighted by molar-refractivity contribution is 0.564. The quantitative estimate of drug-likeness (QED) is 0.785. The average molecular weight is 355 g/mol. The summed E-state index contributed by atoms with van der Waals surface area (Å²) in [6.45, 7) is 3.90. The molecule has 0 saturated carbocycles. The van der Waals surface area contributed by atoms with Crippen LogP contribution in [0.25, 0.3) is 10.9 Å².